The number of hydrogen-bond donors (Lipinski definition) is 13. The molecule has 6 heterocycles. The van der Waals surface area contributed by atoms with Crippen LogP contribution in [0.15, 0.2) is 0 Å². The molecular formula is C60H112N6O29P2-2. The normalized spacial score (nSPS) is 32.9. The Balaban J connectivity index is 0.00000800. The lowest BCUT2D eigenvalue weighted by atomic mass is 9.97. The van der Waals surface area contributed by atoms with Crippen LogP contribution in [-0.2, 0) is 80.0 Å². The molecule has 17 unspecified atom stereocenters. The maximum absolute atomic E-state index is 14.0. The van der Waals surface area contributed by atoms with Gasteiger partial charge in [-0.1, -0.05) is 14.9 Å². The molecule has 6 saturated heterocycles. The highest BCUT2D eigenvalue weighted by Gasteiger charge is 2.49. The Bertz CT molecular complexity index is 2330. The van der Waals surface area contributed by atoms with E-state index in [1.807, 2.05) is 20.8 Å². The van der Waals surface area contributed by atoms with Crippen molar-refractivity contribution in [3.63, 3.8) is 0 Å². The summed E-state index contributed by atoms with van der Waals surface area (Å²) in [6.07, 6.45) is -13.2. The summed E-state index contributed by atoms with van der Waals surface area (Å²) in [7, 11) is -0.979. The summed E-state index contributed by atoms with van der Waals surface area (Å²) in [5.41, 5.74) is -0.494. The van der Waals surface area contributed by atoms with Gasteiger partial charge in [-0.15, -0.1) is 0 Å². The summed E-state index contributed by atoms with van der Waals surface area (Å²) < 4.78 is 65.3. The van der Waals surface area contributed by atoms with Crippen LogP contribution in [-0.4, -0.2) is 325 Å². The number of nitrogens with zero attached hydrogens (tertiary/aromatic N) is 3. The first-order chi connectivity index (χ1) is 44.3. The molecule has 568 valence electrons. The van der Waals surface area contributed by atoms with E-state index in [4.69, 9.17) is 51.3 Å². The van der Waals surface area contributed by atoms with Crippen molar-refractivity contribution >= 4 is 53.5 Å². The summed E-state index contributed by atoms with van der Waals surface area (Å²) in [6.45, 7) is 8.50. The van der Waals surface area contributed by atoms with Gasteiger partial charge in [-0.3, -0.25) is 28.8 Å². The highest BCUT2D eigenvalue weighted by Crippen LogP contribution is 2.35. The molecule has 23 atom stereocenters. The number of hydrogen-bond acceptors (Lipinski definition) is 29. The van der Waals surface area contributed by atoms with Crippen LogP contribution in [0, 0.1) is 0 Å². The fraction of sp³-hybridized carbons (Fsp3) is 0.900. The summed E-state index contributed by atoms with van der Waals surface area (Å²) in [6, 6.07) is -4.65. The Morgan fingerprint density at radius 2 is 0.753 bits per heavy atom. The van der Waals surface area contributed by atoms with Gasteiger partial charge in [-0.05, 0) is 78.6 Å². The molecule has 97 heavy (non-hydrogen) atoms. The lowest BCUT2D eigenvalue weighted by Crippen LogP contribution is -2.64. The Morgan fingerprint density at radius 3 is 1.05 bits per heavy atom. The second-order valence-corrected chi connectivity index (χ2v) is 26.8. The minimum Gasteiger partial charge on any atom is -0.870 e. The van der Waals surface area contributed by atoms with Crippen molar-refractivity contribution in [3.8, 4) is 0 Å². The van der Waals surface area contributed by atoms with E-state index in [9.17, 15) is 79.8 Å². The summed E-state index contributed by atoms with van der Waals surface area (Å²) in [4.78, 5) is 81.9. The molecule has 6 aliphatic heterocycles. The third-order valence-corrected chi connectivity index (χ3v) is 18.3. The first-order valence-corrected chi connectivity index (χ1v) is 33.7. The molecule has 0 saturated carbocycles. The van der Waals surface area contributed by atoms with E-state index in [0.717, 1.165) is 0 Å². The zero-order valence-electron chi connectivity index (χ0n) is 54.7. The van der Waals surface area contributed by atoms with Crippen LogP contribution < -0.4 is 16.0 Å². The number of amides is 6. The molecule has 0 aliphatic carbocycles. The average Bonchev–Trinajstić information content (AvgIpc) is 1.85. The van der Waals surface area contributed by atoms with E-state index in [1.165, 1.54) is 20.8 Å². The number of nitrogens with one attached hydrogen (secondary N) is 3. The van der Waals surface area contributed by atoms with Crippen molar-refractivity contribution in [2.24, 2.45) is 0 Å². The highest BCUT2D eigenvalue weighted by molar-refractivity contribution is 7.26. The molecule has 35 nitrogen and oxygen atoms in total. The van der Waals surface area contributed by atoms with Gasteiger partial charge in [0.2, 0.25) is 35.4 Å². The minimum absolute atomic E-state index is 0. The molecule has 6 aliphatic rings. The van der Waals surface area contributed by atoms with Crippen molar-refractivity contribution in [3.05, 3.63) is 0 Å². The zero-order valence-corrected chi connectivity index (χ0v) is 56.7. The largest absolute Gasteiger partial charge is 0.870 e. The number of aliphatic hydroxyl groups is 10. The smallest absolute Gasteiger partial charge is 0.222 e. The summed E-state index contributed by atoms with van der Waals surface area (Å²) in [5.74, 6) is -2.04. The zero-order chi connectivity index (χ0) is 68.1. The van der Waals surface area contributed by atoms with Crippen LogP contribution in [0.2, 0.25) is 0 Å². The third-order valence-electron chi connectivity index (χ3n) is 16.9. The Morgan fingerprint density at radius 1 is 0.454 bits per heavy atom. The van der Waals surface area contributed by atoms with Gasteiger partial charge in [-0.25, -0.2) is 0 Å². The first-order valence-electron chi connectivity index (χ1n) is 32.0. The van der Waals surface area contributed by atoms with Crippen molar-refractivity contribution in [1.82, 2.24) is 30.7 Å². The van der Waals surface area contributed by atoms with Gasteiger partial charge in [0.1, 0.15) is 73.1 Å². The average molecular weight is 1440 g/mol. The van der Waals surface area contributed by atoms with Gasteiger partial charge in [0.25, 0.3) is 0 Å². The van der Waals surface area contributed by atoms with E-state index < -0.39 is 177 Å². The fourth-order valence-corrected chi connectivity index (χ4v) is 13.5. The Hall–Kier alpha value is -3.24. The second-order valence-electron chi connectivity index (χ2n) is 25.4. The SMILES string of the molecule is C.C.CC(=O)NC1C(OCCCCC(=O)N2C[C@H](OPOC[C@@H]3C[C@@H](OPOC[C@@H]4C[C@@H](OC(C)(C)C)CN4C(=O)CCCCOC4OC(CO)C(O)C(O)C4NC(C)=O)CN3C(=O)CCCCOC3OC(CO)C(O)C(O)C3NC(C)=O)C[C@H]2CO)OC(CO)C(O)C1O.[OH-].[OH-]. The lowest BCUT2D eigenvalue weighted by molar-refractivity contribution is -0.270. The molecule has 0 bridgehead atoms. The highest BCUT2D eigenvalue weighted by atomic mass is 31.1. The predicted octanol–water partition coefficient (Wildman–Crippen LogP) is -2.90. The van der Waals surface area contributed by atoms with Crippen molar-refractivity contribution in [1.29, 1.82) is 0 Å². The molecule has 0 aromatic carbocycles. The maximum Gasteiger partial charge on any atom is 0.222 e. The van der Waals surface area contributed by atoms with E-state index >= 15 is 0 Å². The van der Waals surface area contributed by atoms with E-state index in [-0.39, 0.29) is 128 Å². The van der Waals surface area contributed by atoms with Crippen LogP contribution in [0.4, 0.5) is 0 Å². The number of aliphatic hydroxyl groups excluding tert-OH is 10. The van der Waals surface area contributed by atoms with Crippen LogP contribution >= 0.6 is 18.1 Å². The molecule has 15 N–H and O–H groups in total. The van der Waals surface area contributed by atoms with E-state index in [0.29, 0.717) is 64.3 Å². The molecule has 6 amide bonds. The lowest BCUT2D eigenvalue weighted by Gasteiger charge is -2.42. The van der Waals surface area contributed by atoms with Gasteiger partial charge in [0.15, 0.2) is 36.9 Å². The third kappa shape index (κ3) is 27.2. The van der Waals surface area contributed by atoms with Gasteiger partial charge in [0.05, 0.1) is 81.7 Å². The molecule has 6 rings (SSSR count). The van der Waals surface area contributed by atoms with Crippen molar-refractivity contribution < 1.29 is 142 Å². The van der Waals surface area contributed by atoms with Gasteiger partial charge < -0.3 is 144 Å². The molecule has 0 aromatic rings. The predicted molar refractivity (Wildman–Crippen MR) is 343 cm³/mol. The number of likely N-dealkylation sites (tertiary alicyclic amines) is 3. The number of carbonyl (C=O) groups excluding carboxylic acids is 6. The number of rotatable bonds is 36. The van der Waals surface area contributed by atoms with Gasteiger partial charge >= 0.3 is 0 Å². The van der Waals surface area contributed by atoms with Crippen LogP contribution in [0.25, 0.3) is 0 Å². The molecule has 0 aromatic heterocycles. The molecular weight excluding hydrogens is 1330 g/mol. The van der Waals surface area contributed by atoms with E-state index in [1.54, 1.807) is 14.7 Å². The number of unbranched alkanes of at least 4 members (excludes halogenated alkanes) is 3. The molecule has 6 fully saturated rings. The Labute approximate surface area is 570 Å². The molecule has 0 radical (unpaired) electrons. The second kappa shape index (κ2) is 44.3. The quantitative estimate of drug-likeness (QED) is 0.0221. The summed E-state index contributed by atoms with van der Waals surface area (Å²) >= 11 is 0. The molecule has 37 heteroatoms. The monoisotopic (exact) mass is 1440 g/mol. The van der Waals surface area contributed by atoms with E-state index in [2.05, 4.69) is 16.0 Å². The standard InChI is InChI=1S/C58H102N6O27P2.2CH4.2H2O/c1-31(69)59-46-52(78)49(75)40(26-66)86-55(46)81-16-10-7-13-43(72)62-23-38(19-34(62)25-65)90-92-85-30-36-21-39(24-64(36)45(74)15-9-12-18-83-57-48(61-33(3)71)54(80)51(77)42(28-68)88-57)91-93-84-29-35-20-37(89-58(4,5)6)22-63(35)44(73)14-8-11-17-82-56-47(60-32(2)70)53(79)50(76)41(27-67)87-56;;;;/h34-42,46-57,65-68,75-80,92-93H,7-30H2,1-6H3,(H,59,69)(H,60,70)(H,61,71);2*1H4;2*1H2/p-2/t34-,35-,36-,37+,38+,39+,40?,41?,42?,46?,47?,48?,49?,50?,51?,52?,53?,54?,55?,56?,57?;;;;/m0..../s1. The number of carbonyl (C=O) groups is 6. The maximum atomic E-state index is 14.0. The topological polar surface area (TPSA) is 512 Å². The van der Waals surface area contributed by atoms with Crippen molar-refractivity contribution in [2.75, 3.05) is 79.1 Å². The van der Waals surface area contributed by atoms with Crippen LogP contribution in [0.3, 0.4) is 0 Å². The van der Waals surface area contributed by atoms with Crippen LogP contribution in [0.1, 0.15) is 133 Å². The molecule has 0 spiro atoms. The van der Waals surface area contributed by atoms with Crippen LogP contribution in [0.5, 0.6) is 0 Å². The first kappa shape index (κ1) is 89.8. The van der Waals surface area contributed by atoms with Gasteiger partial charge in [0, 0.05) is 79.5 Å². The summed E-state index contributed by atoms with van der Waals surface area (Å²) in [5, 5.41) is 110. The fourth-order valence-electron chi connectivity index (χ4n) is 12.3. The minimum atomic E-state index is -1.49. The van der Waals surface area contributed by atoms with Gasteiger partial charge in [-0.2, -0.15) is 0 Å². The van der Waals surface area contributed by atoms with Crippen molar-refractivity contribution in [2.45, 2.75) is 267 Å². The number of ether oxygens (including phenoxy) is 7. The Kier molecular flexibility index (Phi) is 41.0.